The first-order valence-corrected chi connectivity index (χ1v) is 6.39. The van der Waals surface area contributed by atoms with Crippen LogP contribution in [0.1, 0.15) is 24.8 Å². The second-order valence-electron chi connectivity index (χ2n) is 3.58. The molecule has 0 fully saturated rings. The van der Waals surface area contributed by atoms with Gasteiger partial charge in [0, 0.05) is 7.11 Å². The quantitative estimate of drug-likeness (QED) is 0.720. The summed E-state index contributed by atoms with van der Waals surface area (Å²) in [6.45, 7) is 3.45. The highest BCUT2D eigenvalue weighted by atomic mass is 32.1. The molecule has 0 spiro atoms. The minimum absolute atomic E-state index is 0.270. The topological polar surface area (TPSA) is 73.1 Å². The zero-order valence-electron chi connectivity index (χ0n) is 9.90. The standard InChI is InChI=1S/C10H20N4OS/c1-3-9-13-14-10(16-9)12-8(7-15-2)5-4-6-11/h8H,3-7,11H2,1-2H3,(H,12,14). The number of aromatic nitrogens is 2. The van der Waals surface area contributed by atoms with E-state index in [0.29, 0.717) is 13.2 Å². The van der Waals surface area contributed by atoms with Crippen molar-refractivity contribution in [1.29, 1.82) is 0 Å². The first-order chi connectivity index (χ1) is 7.80. The number of anilines is 1. The molecule has 0 saturated carbocycles. The van der Waals surface area contributed by atoms with Crippen molar-refractivity contribution in [2.75, 3.05) is 25.6 Å². The van der Waals surface area contributed by atoms with Gasteiger partial charge in [0.15, 0.2) is 0 Å². The van der Waals surface area contributed by atoms with Crippen molar-refractivity contribution in [1.82, 2.24) is 10.2 Å². The van der Waals surface area contributed by atoms with E-state index < -0.39 is 0 Å². The Hall–Kier alpha value is -0.720. The van der Waals surface area contributed by atoms with E-state index in [2.05, 4.69) is 22.4 Å². The van der Waals surface area contributed by atoms with Crippen molar-refractivity contribution in [3.63, 3.8) is 0 Å². The van der Waals surface area contributed by atoms with E-state index >= 15 is 0 Å². The predicted molar refractivity (Wildman–Crippen MR) is 66.9 cm³/mol. The molecule has 1 rings (SSSR count). The Morgan fingerprint density at radius 1 is 1.50 bits per heavy atom. The van der Waals surface area contributed by atoms with Crippen LogP contribution < -0.4 is 11.1 Å². The molecule has 1 aromatic heterocycles. The van der Waals surface area contributed by atoms with Crippen LogP contribution in [0.5, 0.6) is 0 Å². The van der Waals surface area contributed by atoms with Crippen molar-refractivity contribution < 1.29 is 4.74 Å². The molecule has 0 bridgehead atoms. The van der Waals surface area contributed by atoms with Gasteiger partial charge in [0.2, 0.25) is 5.13 Å². The van der Waals surface area contributed by atoms with Gasteiger partial charge in [-0.25, -0.2) is 0 Å². The molecule has 3 N–H and O–H groups in total. The Labute approximate surface area is 100 Å². The normalized spacial score (nSPS) is 12.7. The highest BCUT2D eigenvalue weighted by molar-refractivity contribution is 7.15. The Balaban J connectivity index is 2.46. The van der Waals surface area contributed by atoms with E-state index in [1.165, 1.54) is 0 Å². The minimum Gasteiger partial charge on any atom is -0.383 e. The third-order valence-electron chi connectivity index (χ3n) is 2.22. The van der Waals surface area contributed by atoms with Crippen LogP contribution in [0.25, 0.3) is 0 Å². The van der Waals surface area contributed by atoms with Gasteiger partial charge in [0.05, 0.1) is 12.6 Å². The third kappa shape index (κ3) is 4.42. The molecule has 16 heavy (non-hydrogen) atoms. The summed E-state index contributed by atoms with van der Waals surface area (Å²) in [4.78, 5) is 0. The van der Waals surface area contributed by atoms with E-state index in [0.717, 1.165) is 29.4 Å². The largest absolute Gasteiger partial charge is 0.383 e. The number of nitrogens with one attached hydrogen (secondary N) is 1. The van der Waals surface area contributed by atoms with E-state index in [-0.39, 0.29) is 6.04 Å². The number of aryl methyl sites for hydroxylation is 1. The number of nitrogens with two attached hydrogens (primary N) is 1. The fourth-order valence-corrected chi connectivity index (χ4v) is 2.15. The highest BCUT2D eigenvalue weighted by Gasteiger charge is 2.10. The average Bonchev–Trinajstić information content (AvgIpc) is 2.74. The van der Waals surface area contributed by atoms with Gasteiger partial charge in [0.25, 0.3) is 0 Å². The Morgan fingerprint density at radius 2 is 2.31 bits per heavy atom. The lowest BCUT2D eigenvalue weighted by atomic mass is 10.2. The summed E-state index contributed by atoms with van der Waals surface area (Å²) in [6, 6.07) is 0.270. The zero-order valence-corrected chi connectivity index (χ0v) is 10.7. The van der Waals surface area contributed by atoms with E-state index in [1.807, 2.05) is 0 Å². The Morgan fingerprint density at radius 3 is 2.88 bits per heavy atom. The van der Waals surface area contributed by atoms with Crippen molar-refractivity contribution in [3.05, 3.63) is 5.01 Å². The van der Waals surface area contributed by atoms with Crippen molar-refractivity contribution in [2.24, 2.45) is 5.73 Å². The molecule has 5 nitrogen and oxygen atoms in total. The fourth-order valence-electron chi connectivity index (χ4n) is 1.39. The molecule has 1 unspecified atom stereocenters. The first kappa shape index (κ1) is 13.3. The monoisotopic (exact) mass is 244 g/mol. The minimum atomic E-state index is 0.270. The van der Waals surface area contributed by atoms with Crippen LogP contribution in [0, 0.1) is 0 Å². The van der Waals surface area contributed by atoms with Crippen LogP contribution in [0.2, 0.25) is 0 Å². The SMILES string of the molecule is CCc1nnc(NC(CCCN)COC)s1. The highest BCUT2D eigenvalue weighted by Crippen LogP contribution is 2.17. The van der Waals surface area contributed by atoms with E-state index in [4.69, 9.17) is 10.5 Å². The van der Waals surface area contributed by atoms with Crippen LogP contribution >= 0.6 is 11.3 Å². The van der Waals surface area contributed by atoms with Gasteiger partial charge >= 0.3 is 0 Å². The van der Waals surface area contributed by atoms with Gasteiger partial charge in [-0.2, -0.15) is 0 Å². The molecule has 0 aliphatic carbocycles. The van der Waals surface area contributed by atoms with Gasteiger partial charge in [-0.1, -0.05) is 18.3 Å². The van der Waals surface area contributed by atoms with Gasteiger partial charge < -0.3 is 15.8 Å². The van der Waals surface area contributed by atoms with Crippen molar-refractivity contribution in [2.45, 2.75) is 32.2 Å². The molecule has 0 aliphatic rings. The molecule has 0 aliphatic heterocycles. The summed E-state index contributed by atoms with van der Waals surface area (Å²) in [5.74, 6) is 0. The third-order valence-corrected chi connectivity index (χ3v) is 3.22. The summed E-state index contributed by atoms with van der Waals surface area (Å²) >= 11 is 1.60. The predicted octanol–water partition coefficient (Wildman–Crippen LogP) is 1.27. The van der Waals surface area contributed by atoms with Crippen molar-refractivity contribution >= 4 is 16.5 Å². The average molecular weight is 244 g/mol. The van der Waals surface area contributed by atoms with E-state index in [9.17, 15) is 0 Å². The maximum Gasteiger partial charge on any atom is 0.205 e. The summed E-state index contributed by atoms with van der Waals surface area (Å²) in [5.41, 5.74) is 5.50. The van der Waals surface area contributed by atoms with Crippen molar-refractivity contribution in [3.8, 4) is 0 Å². The lowest BCUT2D eigenvalue weighted by Gasteiger charge is -2.16. The van der Waals surface area contributed by atoms with E-state index in [1.54, 1.807) is 18.4 Å². The number of methoxy groups -OCH3 is 1. The van der Waals surface area contributed by atoms with Gasteiger partial charge in [-0.3, -0.25) is 0 Å². The molecule has 1 heterocycles. The zero-order chi connectivity index (χ0) is 11.8. The number of nitrogens with zero attached hydrogens (tertiary/aromatic N) is 2. The van der Waals surface area contributed by atoms with Crippen LogP contribution in [0.15, 0.2) is 0 Å². The second-order valence-corrected chi connectivity index (χ2v) is 4.64. The summed E-state index contributed by atoms with van der Waals surface area (Å²) < 4.78 is 5.16. The molecule has 6 heteroatoms. The van der Waals surface area contributed by atoms with Crippen LogP contribution in [0.4, 0.5) is 5.13 Å². The van der Waals surface area contributed by atoms with Crippen LogP contribution in [-0.4, -0.2) is 36.5 Å². The maximum absolute atomic E-state index is 5.50. The van der Waals surface area contributed by atoms with Crippen LogP contribution in [-0.2, 0) is 11.2 Å². The molecule has 0 aromatic carbocycles. The molecule has 1 atom stereocenters. The molecule has 0 amide bonds. The fraction of sp³-hybridized carbons (Fsp3) is 0.800. The number of hydrogen-bond donors (Lipinski definition) is 2. The summed E-state index contributed by atoms with van der Waals surface area (Å²) in [5, 5.41) is 13.4. The Bertz CT molecular complexity index is 292. The maximum atomic E-state index is 5.50. The summed E-state index contributed by atoms with van der Waals surface area (Å²) in [6.07, 6.45) is 2.91. The smallest absolute Gasteiger partial charge is 0.205 e. The molecular weight excluding hydrogens is 224 g/mol. The first-order valence-electron chi connectivity index (χ1n) is 5.58. The van der Waals surface area contributed by atoms with Gasteiger partial charge in [0.1, 0.15) is 5.01 Å². The number of rotatable bonds is 8. The number of hydrogen-bond acceptors (Lipinski definition) is 6. The molecule has 92 valence electrons. The Kier molecular flexibility index (Phi) is 6.29. The van der Waals surface area contributed by atoms with Gasteiger partial charge in [-0.15, -0.1) is 10.2 Å². The number of ether oxygens (including phenoxy) is 1. The summed E-state index contributed by atoms with van der Waals surface area (Å²) in [7, 11) is 1.70. The van der Waals surface area contributed by atoms with Gasteiger partial charge in [-0.05, 0) is 25.8 Å². The second kappa shape index (κ2) is 7.54. The molecule has 0 saturated heterocycles. The lowest BCUT2D eigenvalue weighted by Crippen LogP contribution is -2.25. The molecule has 1 aromatic rings. The molecular formula is C10H20N4OS. The lowest BCUT2D eigenvalue weighted by molar-refractivity contribution is 0.182. The molecule has 0 radical (unpaired) electrons. The van der Waals surface area contributed by atoms with Crippen LogP contribution in [0.3, 0.4) is 0 Å².